The van der Waals surface area contributed by atoms with Crippen LogP contribution in [0.5, 0.6) is 0 Å². The van der Waals surface area contributed by atoms with E-state index in [1.165, 1.54) is 0 Å². The molecule has 1 saturated heterocycles. The van der Waals surface area contributed by atoms with Crippen LogP contribution in [0.15, 0.2) is 59.5 Å². The zero-order valence-electron chi connectivity index (χ0n) is 13.3. The van der Waals surface area contributed by atoms with Crippen LogP contribution in [0.4, 0.5) is 0 Å². The van der Waals surface area contributed by atoms with Crippen LogP contribution in [-0.4, -0.2) is 38.9 Å². The predicted molar refractivity (Wildman–Crippen MR) is 92.7 cm³/mol. The number of hydrogen-bond donors (Lipinski definition) is 1. The number of rotatable bonds is 4. The fourth-order valence-electron chi connectivity index (χ4n) is 2.98. The molecular formula is C18H22N2O2S. The summed E-state index contributed by atoms with van der Waals surface area (Å²) in [5, 5.41) is 3.22. The molecule has 0 aromatic heterocycles. The molecule has 0 radical (unpaired) electrons. The van der Waals surface area contributed by atoms with E-state index >= 15 is 0 Å². The third-order valence-electron chi connectivity index (χ3n) is 4.46. The molecule has 0 bridgehead atoms. The predicted octanol–water partition coefficient (Wildman–Crippen LogP) is 2.73. The summed E-state index contributed by atoms with van der Waals surface area (Å²) >= 11 is 0. The van der Waals surface area contributed by atoms with E-state index in [-0.39, 0.29) is 0 Å². The van der Waals surface area contributed by atoms with Gasteiger partial charge < -0.3 is 5.32 Å². The van der Waals surface area contributed by atoms with Crippen LogP contribution in [-0.2, 0) is 10.0 Å². The van der Waals surface area contributed by atoms with Gasteiger partial charge in [0.05, 0.1) is 4.90 Å². The highest BCUT2D eigenvalue weighted by atomic mass is 32.2. The lowest BCUT2D eigenvalue weighted by molar-refractivity contribution is 0.298. The van der Waals surface area contributed by atoms with E-state index in [2.05, 4.69) is 5.32 Å². The molecule has 0 aliphatic carbocycles. The number of piperidine rings is 1. The average Bonchev–Trinajstić information content (AvgIpc) is 2.62. The number of nitrogens with zero attached hydrogens (tertiary/aromatic N) is 1. The van der Waals surface area contributed by atoms with E-state index in [1.54, 1.807) is 16.4 Å². The quantitative estimate of drug-likeness (QED) is 0.938. The summed E-state index contributed by atoms with van der Waals surface area (Å²) < 4.78 is 27.1. The lowest BCUT2D eigenvalue weighted by atomic mass is 10.1. The number of benzene rings is 2. The monoisotopic (exact) mass is 330 g/mol. The topological polar surface area (TPSA) is 49.4 Å². The summed E-state index contributed by atoms with van der Waals surface area (Å²) in [4.78, 5) is 0.375. The van der Waals surface area contributed by atoms with Gasteiger partial charge in [0, 0.05) is 19.1 Å². The van der Waals surface area contributed by atoms with Crippen LogP contribution < -0.4 is 5.32 Å². The highest BCUT2D eigenvalue weighted by Gasteiger charge is 2.28. The van der Waals surface area contributed by atoms with Crippen LogP contribution in [0.1, 0.15) is 12.8 Å². The summed E-state index contributed by atoms with van der Waals surface area (Å²) in [6.07, 6.45) is 1.72. The Balaban J connectivity index is 1.79. The molecule has 1 aliphatic rings. The largest absolute Gasteiger partial charge is 0.317 e. The molecule has 1 aliphatic heterocycles. The zero-order chi connectivity index (χ0) is 16.3. The first-order valence-corrected chi connectivity index (χ1v) is 9.38. The molecule has 23 heavy (non-hydrogen) atoms. The smallest absolute Gasteiger partial charge is 0.243 e. The highest BCUT2D eigenvalue weighted by molar-refractivity contribution is 7.89. The molecule has 2 aromatic rings. The summed E-state index contributed by atoms with van der Waals surface area (Å²) in [6, 6.07) is 17.6. The molecule has 1 N–H and O–H groups in total. The van der Waals surface area contributed by atoms with Gasteiger partial charge in [0.2, 0.25) is 10.0 Å². The molecule has 1 fully saturated rings. The summed E-state index contributed by atoms with van der Waals surface area (Å²) in [7, 11) is -1.46. The highest BCUT2D eigenvalue weighted by Crippen LogP contribution is 2.24. The Bertz CT molecular complexity index is 734. The lowest BCUT2D eigenvalue weighted by Crippen LogP contribution is -2.43. The van der Waals surface area contributed by atoms with Crippen molar-refractivity contribution in [3.05, 3.63) is 54.6 Å². The maximum Gasteiger partial charge on any atom is 0.243 e. The van der Waals surface area contributed by atoms with Crippen molar-refractivity contribution >= 4 is 10.0 Å². The Morgan fingerprint density at radius 3 is 2.04 bits per heavy atom. The molecule has 4 nitrogen and oxygen atoms in total. The van der Waals surface area contributed by atoms with Crippen molar-refractivity contribution in [3.63, 3.8) is 0 Å². The molecular weight excluding hydrogens is 308 g/mol. The summed E-state index contributed by atoms with van der Waals surface area (Å²) in [6.45, 7) is 1.16. The zero-order valence-corrected chi connectivity index (χ0v) is 14.1. The van der Waals surface area contributed by atoms with Gasteiger partial charge in [0.15, 0.2) is 0 Å². The van der Waals surface area contributed by atoms with Gasteiger partial charge >= 0.3 is 0 Å². The summed E-state index contributed by atoms with van der Waals surface area (Å²) in [5.74, 6) is 0. The summed E-state index contributed by atoms with van der Waals surface area (Å²) in [5.41, 5.74) is 2.12. The maximum atomic E-state index is 12.7. The van der Waals surface area contributed by atoms with Crippen molar-refractivity contribution in [3.8, 4) is 11.1 Å². The van der Waals surface area contributed by atoms with Crippen molar-refractivity contribution in [2.45, 2.75) is 23.8 Å². The number of nitrogens with one attached hydrogen (secondary N) is 1. The minimum Gasteiger partial charge on any atom is -0.317 e. The van der Waals surface area contributed by atoms with Crippen LogP contribution >= 0.6 is 0 Å². The molecule has 3 rings (SSSR count). The second-order valence-electron chi connectivity index (χ2n) is 5.86. The van der Waals surface area contributed by atoms with Gasteiger partial charge in [-0.2, -0.15) is 4.31 Å². The maximum absolute atomic E-state index is 12.7. The molecule has 0 atom stereocenters. The lowest BCUT2D eigenvalue weighted by Gasteiger charge is -2.31. The molecule has 1 heterocycles. The van der Waals surface area contributed by atoms with Crippen LogP contribution in [0, 0.1) is 0 Å². The van der Waals surface area contributed by atoms with Crippen LogP contribution in [0.2, 0.25) is 0 Å². The van der Waals surface area contributed by atoms with Gasteiger partial charge in [0.1, 0.15) is 0 Å². The average molecular weight is 330 g/mol. The molecule has 0 spiro atoms. The van der Waals surface area contributed by atoms with Crippen LogP contribution in [0.3, 0.4) is 0 Å². The van der Waals surface area contributed by atoms with E-state index in [0.29, 0.717) is 24.0 Å². The van der Waals surface area contributed by atoms with Gasteiger partial charge in [-0.3, -0.25) is 0 Å². The van der Waals surface area contributed by atoms with E-state index in [9.17, 15) is 8.42 Å². The Morgan fingerprint density at radius 2 is 1.48 bits per heavy atom. The van der Waals surface area contributed by atoms with Crippen molar-refractivity contribution < 1.29 is 8.42 Å². The molecule has 122 valence electrons. The number of hydrogen-bond acceptors (Lipinski definition) is 3. The Labute approximate surface area is 138 Å². The molecule has 5 heteroatoms. The Kier molecular flexibility index (Phi) is 4.80. The van der Waals surface area contributed by atoms with Gasteiger partial charge in [0.25, 0.3) is 0 Å². The first-order valence-electron chi connectivity index (χ1n) is 7.94. The normalized spacial score (nSPS) is 17.3. The van der Waals surface area contributed by atoms with E-state index in [4.69, 9.17) is 0 Å². The fraction of sp³-hybridized carbons (Fsp3) is 0.333. The van der Waals surface area contributed by atoms with Crippen molar-refractivity contribution in [2.75, 3.05) is 20.1 Å². The third-order valence-corrected chi connectivity index (χ3v) is 6.37. The third kappa shape index (κ3) is 3.47. The van der Waals surface area contributed by atoms with Crippen molar-refractivity contribution in [1.29, 1.82) is 0 Å². The van der Waals surface area contributed by atoms with Gasteiger partial charge in [-0.25, -0.2) is 8.42 Å². The van der Waals surface area contributed by atoms with Gasteiger partial charge in [-0.1, -0.05) is 42.5 Å². The molecule has 2 aromatic carbocycles. The standard InChI is InChI=1S/C18H22N2O2S/c1-19-17-11-13-20(14-12-17)23(21,22)18-9-7-16(8-10-18)15-5-3-2-4-6-15/h2-10,17,19H,11-14H2,1H3. The van der Waals surface area contributed by atoms with Crippen LogP contribution in [0.25, 0.3) is 11.1 Å². The molecule has 0 saturated carbocycles. The first-order chi connectivity index (χ1) is 11.1. The SMILES string of the molecule is CNC1CCN(S(=O)(=O)c2ccc(-c3ccccc3)cc2)CC1. The fourth-order valence-corrected chi connectivity index (χ4v) is 4.45. The van der Waals surface area contributed by atoms with E-state index < -0.39 is 10.0 Å². The number of sulfonamides is 1. The van der Waals surface area contributed by atoms with Crippen molar-refractivity contribution in [2.24, 2.45) is 0 Å². The second-order valence-corrected chi connectivity index (χ2v) is 7.80. The Morgan fingerprint density at radius 1 is 0.913 bits per heavy atom. The first kappa shape index (κ1) is 16.2. The minimum atomic E-state index is -3.39. The van der Waals surface area contributed by atoms with Gasteiger partial charge in [-0.15, -0.1) is 0 Å². The van der Waals surface area contributed by atoms with E-state index in [0.717, 1.165) is 24.0 Å². The second kappa shape index (κ2) is 6.83. The van der Waals surface area contributed by atoms with E-state index in [1.807, 2.05) is 49.5 Å². The van der Waals surface area contributed by atoms with Crippen molar-refractivity contribution in [1.82, 2.24) is 9.62 Å². The van der Waals surface area contributed by atoms with Gasteiger partial charge in [-0.05, 0) is 43.1 Å². The minimum absolute atomic E-state index is 0.375. The Hall–Kier alpha value is -1.69. The molecule has 0 amide bonds. The molecule has 0 unspecified atom stereocenters.